The summed E-state index contributed by atoms with van der Waals surface area (Å²) < 4.78 is 0. The molecule has 1 aromatic carbocycles. The van der Waals surface area contributed by atoms with Crippen molar-refractivity contribution >= 4 is 22.6 Å². The molecule has 0 saturated carbocycles. The van der Waals surface area contributed by atoms with Gasteiger partial charge in [-0.05, 0) is 43.0 Å². The molecule has 1 atom stereocenters. The van der Waals surface area contributed by atoms with Crippen molar-refractivity contribution in [3.05, 3.63) is 36.0 Å². The number of aliphatic carboxylic acids is 1. The van der Waals surface area contributed by atoms with Gasteiger partial charge >= 0.3 is 5.97 Å². The van der Waals surface area contributed by atoms with Crippen LogP contribution in [0.25, 0.3) is 10.9 Å². The number of aromatic nitrogens is 1. The Morgan fingerprint density at radius 3 is 3.05 bits per heavy atom. The summed E-state index contributed by atoms with van der Waals surface area (Å²) in [7, 11) is 0. The van der Waals surface area contributed by atoms with Crippen LogP contribution >= 0.6 is 0 Å². The van der Waals surface area contributed by atoms with Gasteiger partial charge in [0.2, 0.25) is 0 Å². The number of hydrogen-bond donors (Lipinski definition) is 1. The van der Waals surface area contributed by atoms with E-state index in [1.807, 2.05) is 17.0 Å². The van der Waals surface area contributed by atoms with E-state index in [0.29, 0.717) is 6.42 Å². The molecular weight excluding hydrogens is 264 g/mol. The summed E-state index contributed by atoms with van der Waals surface area (Å²) in [5.74, 6) is -0.734. The molecule has 1 saturated heterocycles. The van der Waals surface area contributed by atoms with Gasteiger partial charge in [-0.1, -0.05) is 19.4 Å². The van der Waals surface area contributed by atoms with Crippen LogP contribution in [0.5, 0.6) is 0 Å². The molecule has 0 amide bonds. The number of carboxylic acids is 1. The smallest absolute Gasteiger partial charge is 0.326 e. The molecule has 0 spiro atoms. The monoisotopic (exact) mass is 284 g/mol. The van der Waals surface area contributed by atoms with Gasteiger partial charge in [-0.3, -0.25) is 4.98 Å². The molecule has 3 rings (SSSR count). The van der Waals surface area contributed by atoms with Gasteiger partial charge in [-0.25, -0.2) is 4.79 Å². The molecular formula is C17H20N2O2. The van der Waals surface area contributed by atoms with E-state index in [0.717, 1.165) is 42.4 Å². The van der Waals surface area contributed by atoms with Crippen LogP contribution in [0.4, 0.5) is 5.69 Å². The van der Waals surface area contributed by atoms with Crippen LogP contribution in [-0.2, 0) is 11.2 Å². The summed E-state index contributed by atoms with van der Waals surface area (Å²) in [5, 5.41) is 10.5. The van der Waals surface area contributed by atoms with Crippen molar-refractivity contribution in [2.45, 2.75) is 38.6 Å². The average molecular weight is 284 g/mol. The molecule has 1 aromatic heterocycles. The first-order chi connectivity index (χ1) is 10.2. The Bertz CT molecular complexity index is 669. The summed E-state index contributed by atoms with van der Waals surface area (Å²) in [6, 6.07) is 7.85. The maximum Gasteiger partial charge on any atom is 0.326 e. The maximum atomic E-state index is 11.4. The predicted octanol–water partition coefficient (Wildman–Crippen LogP) is 3.24. The van der Waals surface area contributed by atoms with Gasteiger partial charge < -0.3 is 10.0 Å². The zero-order valence-electron chi connectivity index (χ0n) is 12.2. The van der Waals surface area contributed by atoms with E-state index in [4.69, 9.17) is 0 Å². The second-order valence-electron chi connectivity index (χ2n) is 5.62. The Labute approximate surface area is 124 Å². The minimum atomic E-state index is -0.734. The molecule has 21 heavy (non-hydrogen) atoms. The number of aryl methyl sites for hydroxylation is 1. The first-order valence-electron chi connectivity index (χ1n) is 7.58. The summed E-state index contributed by atoms with van der Waals surface area (Å²) >= 11 is 0. The van der Waals surface area contributed by atoms with Crippen LogP contribution in [0.15, 0.2) is 30.5 Å². The highest BCUT2D eigenvalue weighted by molar-refractivity contribution is 5.94. The molecule has 0 aliphatic carbocycles. The zero-order chi connectivity index (χ0) is 14.8. The fraction of sp³-hybridized carbons (Fsp3) is 0.412. The van der Waals surface area contributed by atoms with Gasteiger partial charge in [0.1, 0.15) is 6.04 Å². The van der Waals surface area contributed by atoms with Crippen molar-refractivity contribution < 1.29 is 9.90 Å². The lowest BCUT2D eigenvalue weighted by Crippen LogP contribution is -2.36. The van der Waals surface area contributed by atoms with Crippen molar-refractivity contribution in [1.82, 2.24) is 4.98 Å². The van der Waals surface area contributed by atoms with Crippen molar-refractivity contribution in [3.63, 3.8) is 0 Å². The largest absolute Gasteiger partial charge is 0.480 e. The lowest BCUT2D eigenvalue weighted by atomic mass is 10.1. The van der Waals surface area contributed by atoms with Crippen molar-refractivity contribution in [2.24, 2.45) is 0 Å². The summed E-state index contributed by atoms with van der Waals surface area (Å²) in [6.45, 7) is 2.96. The quantitative estimate of drug-likeness (QED) is 0.936. The van der Waals surface area contributed by atoms with Gasteiger partial charge in [0.15, 0.2) is 0 Å². The van der Waals surface area contributed by atoms with E-state index in [1.54, 1.807) is 6.20 Å². The van der Waals surface area contributed by atoms with E-state index < -0.39 is 12.0 Å². The molecule has 1 aliphatic heterocycles. The minimum absolute atomic E-state index is 0.412. The molecule has 4 heteroatoms. The predicted molar refractivity (Wildman–Crippen MR) is 83.7 cm³/mol. The van der Waals surface area contributed by atoms with Gasteiger partial charge in [0.05, 0.1) is 5.52 Å². The first kappa shape index (κ1) is 13.9. The molecule has 2 heterocycles. The summed E-state index contributed by atoms with van der Waals surface area (Å²) in [5.41, 5.74) is 3.22. The lowest BCUT2D eigenvalue weighted by Gasteiger charge is -2.25. The zero-order valence-corrected chi connectivity index (χ0v) is 12.2. The van der Waals surface area contributed by atoms with Gasteiger partial charge in [0.25, 0.3) is 0 Å². The fourth-order valence-electron chi connectivity index (χ4n) is 3.19. The third-order valence-corrected chi connectivity index (χ3v) is 4.17. The number of anilines is 1. The number of hydrogen-bond acceptors (Lipinski definition) is 3. The van der Waals surface area contributed by atoms with Crippen molar-refractivity contribution in [2.75, 3.05) is 11.4 Å². The van der Waals surface area contributed by atoms with E-state index >= 15 is 0 Å². The van der Waals surface area contributed by atoms with Crippen LogP contribution < -0.4 is 4.90 Å². The summed E-state index contributed by atoms with van der Waals surface area (Å²) in [6.07, 6.45) is 5.55. The normalized spacial score (nSPS) is 18.3. The molecule has 0 bridgehead atoms. The highest BCUT2D eigenvalue weighted by atomic mass is 16.4. The number of carboxylic acid groups (broad SMARTS) is 1. The molecule has 1 N–H and O–H groups in total. The van der Waals surface area contributed by atoms with Crippen molar-refractivity contribution in [3.8, 4) is 0 Å². The Balaban J connectivity index is 2.08. The number of benzene rings is 1. The average Bonchev–Trinajstić information content (AvgIpc) is 2.96. The van der Waals surface area contributed by atoms with Gasteiger partial charge in [-0.2, -0.15) is 0 Å². The third-order valence-electron chi connectivity index (χ3n) is 4.17. The number of pyridine rings is 1. The number of carbonyl (C=O) groups is 1. The van der Waals surface area contributed by atoms with E-state index in [-0.39, 0.29) is 0 Å². The van der Waals surface area contributed by atoms with Crippen LogP contribution in [0.2, 0.25) is 0 Å². The van der Waals surface area contributed by atoms with Crippen LogP contribution in [0.1, 0.15) is 31.7 Å². The molecule has 4 nitrogen and oxygen atoms in total. The Hall–Kier alpha value is -2.10. The number of nitrogens with zero attached hydrogens (tertiary/aromatic N) is 2. The fourth-order valence-corrected chi connectivity index (χ4v) is 3.19. The number of fused-ring (bicyclic) bond motifs is 1. The number of rotatable bonds is 4. The lowest BCUT2D eigenvalue weighted by molar-refractivity contribution is -0.138. The van der Waals surface area contributed by atoms with Gasteiger partial charge in [0, 0.05) is 23.8 Å². The van der Waals surface area contributed by atoms with Crippen LogP contribution in [-0.4, -0.2) is 28.6 Å². The van der Waals surface area contributed by atoms with Crippen LogP contribution in [0.3, 0.4) is 0 Å². The SMILES string of the molecule is CCCc1ccc2nccc(N3CCC[C@H]3C(=O)O)c2c1. The molecule has 1 fully saturated rings. The molecule has 1 aliphatic rings. The molecule has 2 aromatic rings. The third kappa shape index (κ3) is 2.58. The van der Waals surface area contributed by atoms with Gasteiger partial charge in [-0.15, -0.1) is 0 Å². The maximum absolute atomic E-state index is 11.4. The molecule has 0 unspecified atom stereocenters. The Morgan fingerprint density at radius 1 is 1.43 bits per heavy atom. The standard InChI is InChI=1S/C17H20N2O2/c1-2-4-12-6-7-14-13(11-12)15(8-9-18-14)19-10-3-5-16(19)17(20)21/h6-9,11,16H,2-5,10H2,1H3,(H,20,21)/t16-/m0/s1. The van der Waals surface area contributed by atoms with Crippen LogP contribution in [0, 0.1) is 0 Å². The Kier molecular flexibility index (Phi) is 3.78. The minimum Gasteiger partial charge on any atom is -0.480 e. The highest BCUT2D eigenvalue weighted by Crippen LogP contribution is 2.32. The highest BCUT2D eigenvalue weighted by Gasteiger charge is 2.31. The molecule has 0 radical (unpaired) electrons. The van der Waals surface area contributed by atoms with E-state index in [1.165, 1.54) is 5.56 Å². The second-order valence-corrected chi connectivity index (χ2v) is 5.62. The summed E-state index contributed by atoms with van der Waals surface area (Å²) in [4.78, 5) is 17.9. The molecule has 110 valence electrons. The van der Waals surface area contributed by atoms with E-state index in [9.17, 15) is 9.90 Å². The Morgan fingerprint density at radius 2 is 2.29 bits per heavy atom. The van der Waals surface area contributed by atoms with E-state index in [2.05, 4.69) is 24.0 Å². The first-order valence-corrected chi connectivity index (χ1v) is 7.58. The van der Waals surface area contributed by atoms with Crippen molar-refractivity contribution in [1.29, 1.82) is 0 Å². The topological polar surface area (TPSA) is 53.4 Å². The second kappa shape index (κ2) is 5.72.